The molecule has 3 fully saturated rings. The van der Waals surface area contributed by atoms with E-state index < -0.39 is 0 Å². The van der Waals surface area contributed by atoms with E-state index in [2.05, 4.69) is 12.2 Å². The Labute approximate surface area is 99.1 Å². The Hall–Kier alpha value is -0.0800. The summed E-state index contributed by atoms with van der Waals surface area (Å²) < 4.78 is 6.07. The van der Waals surface area contributed by atoms with Crippen LogP contribution in [0.25, 0.3) is 0 Å². The fourth-order valence-electron chi connectivity index (χ4n) is 3.64. The maximum Gasteiger partial charge on any atom is 0.0697 e. The standard InChI is InChI=1S/C14H25NO/c1-11(12-4-5-12)15-13-6-9-16-14(10-13)7-2-3-8-14/h11-13,15H,2-10H2,1H3. The van der Waals surface area contributed by atoms with Crippen LogP contribution in [0, 0.1) is 5.92 Å². The van der Waals surface area contributed by atoms with Crippen molar-refractivity contribution >= 4 is 0 Å². The Kier molecular flexibility index (Phi) is 2.97. The van der Waals surface area contributed by atoms with Gasteiger partial charge in [-0.15, -0.1) is 0 Å². The van der Waals surface area contributed by atoms with Crippen molar-refractivity contribution in [1.82, 2.24) is 5.32 Å². The molecule has 2 nitrogen and oxygen atoms in total. The summed E-state index contributed by atoms with van der Waals surface area (Å²) in [5.74, 6) is 0.974. The predicted octanol–water partition coefficient (Wildman–Crippen LogP) is 2.87. The van der Waals surface area contributed by atoms with Crippen molar-refractivity contribution in [2.45, 2.75) is 76.0 Å². The third-order valence-electron chi connectivity index (χ3n) is 4.84. The molecule has 2 heteroatoms. The summed E-state index contributed by atoms with van der Waals surface area (Å²) in [6, 6.07) is 1.46. The Morgan fingerprint density at radius 1 is 1.19 bits per heavy atom. The molecule has 1 saturated heterocycles. The van der Waals surface area contributed by atoms with Gasteiger partial charge in [0.1, 0.15) is 0 Å². The zero-order valence-electron chi connectivity index (χ0n) is 10.5. The minimum atomic E-state index is 0.277. The van der Waals surface area contributed by atoms with Crippen molar-refractivity contribution in [1.29, 1.82) is 0 Å². The van der Waals surface area contributed by atoms with Crippen molar-refractivity contribution in [3.63, 3.8) is 0 Å². The molecular weight excluding hydrogens is 198 g/mol. The van der Waals surface area contributed by atoms with Crippen LogP contribution in [-0.4, -0.2) is 24.3 Å². The van der Waals surface area contributed by atoms with Gasteiger partial charge in [-0.25, -0.2) is 0 Å². The quantitative estimate of drug-likeness (QED) is 0.794. The van der Waals surface area contributed by atoms with E-state index in [-0.39, 0.29) is 5.60 Å². The molecule has 0 aromatic carbocycles. The maximum atomic E-state index is 6.07. The molecule has 1 heterocycles. The van der Waals surface area contributed by atoms with Crippen molar-refractivity contribution in [2.75, 3.05) is 6.61 Å². The van der Waals surface area contributed by atoms with Gasteiger partial charge in [0.2, 0.25) is 0 Å². The van der Waals surface area contributed by atoms with Gasteiger partial charge in [0, 0.05) is 18.7 Å². The highest BCUT2D eigenvalue weighted by Crippen LogP contribution is 2.40. The van der Waals surface area contributed by atoms with Crippen molar-refractivity contribution < 1.29 is 4.74 Å². The molecule has 0 radical (unpaired) electrons. The van der Waals surface area contributed by atoms with Crippen LogP contribution in [0.5, 0.6) is 0 Å². The SMILES string of the molecule is CC(NC1CCOC2(CCCC2)C1)C1CC1. The average molecular weight is 223 g/mol. The highest BCUT2D eigenvalue weighted by atomic mass is 16.5. The van der Waals surface area contributed by atoms with Crippen LogP contribution in [-0.2, 0) is 4.74 Å². The fraction of sp³-hybridized carbons (Fsp3) is 1.00. The normalized spacial score (nSPS) is 35.4. The number of nitrogens with one attached hydrogen (secondary N) is 1. The molecule has 1 N–H and O–H groups in total. The van der Waals surface area contributed by atoms with Crippen molar-refractivity contribution in [3.8, 4) is 0 Å². The predicted molar refractivity (Wildman–Crippen MR) is 65.5 cm³/mol. The largest absolute Gasteiger partial charge is 0.375 e. The van der Waals surface area contributed by atoms with E-state index in [1.807, 2.05) is 0 Å². The second-order valence-electron chi connectivity index (χ2n) is 6.22. The van der Waals surface area contributed by atoms with Gasteiger partial charge < -0.3 is 10.1 Å². The first kappa shape index (κ1) is 11.0. The lowest BCUT2D eigenvalue weighted by Crippen LogP contribution is -2.48. The van der Waals surface area contributed by atoms with Crippen LogP contribution >= 0.6 is 0 Å². The number of hydrogen-bond acceptors (Lipinski definition) is 2. The molecule has 2 unspecified atom stereocenters. The van der Waals surface area contributed by atoms with E-state index in [9.17, 15) is 0 Å². The first-order valence-corrected chi connectivity index (χ1v) is 7.17. The van der Waals surface area contributed by atoms with Crippen LogP contribution in [0.15, 0.2) is 0 Å². The maximum absolute atomic E-state index is 6.07. The molecule has 92 valence electrons. The monoisotopic (exact) mass is 223 g/mol. The highest BCUT2D eigenvalue weighted by molar-refractivity contribution is 4.95. The zero-order chi connectivity index (χ0) is 11.0. The summed E-state index contributed by atoms with van der Waals surface area (Å²) in [5.41, 5.74) is 0.277. The van der Waals surface area contributed by atoms with Crippen LogP contribution in [0.4, 0.5) is 0 Å². The highest BCUT2D eigenvalue weighted by Gasteiger charge is 2.40. The first-order chi connectivity index (χ1) is 7.77. The summed E-state index contributed by atoms with van der Waals surface area (Å²) in [6.07, 6.45) is 10.8. The number of rotatable bonds is 3. The molecule has 0 aromatic heterocycles. The van der Waals surface area contributed by atoms with E-state index >= 15 is 0 Å². The van der Waals surface area contributed by atoms with Crippen molar-refractivity contribution in [2.24, 2.45) is 5.92 Å². The molecule has 2 saturated carbocycles. The summed E-state index contributed by atoms with van der Waals surface area (Å²) in [4.78, 5) is 0. The van der Waals surface area contributed by atoms with E-state index in [1.165, 1.54) is 51.4 Å². The first-order valence-electron chi connectivity index (χ1n) is 7.17. The number of ether oxygens (including phenoxy) is 1. The summed E-state index contributed by atoms with van der Waals surface area (Å²) in [6.45, 7) is 3.35. The van der Waals surface area contributed by atoms with E-state index in [1.54, 1.807) is 0 Å². The van der Waals surface area contributed by atoms with Crippen LogP contribution in [0.2, 0.25) is 0 Å². The topological polar surface area (TPSA) is 21.3 Å². The average Bonchev–Trinajstić information content (AvgIpc) is 3.03. The van der Waals surface area contributed by atoms with Gasteiger partial charge in [-0.1, -0.05) is 12.8 Å². The van der Waals surface area contributed by atoms with Crippen molar-refractivity contribution in [3.05, 3.63) is 0 Å². The van der Waals surface area contributed by atoms with E-state index in [4.69, 9.17) is 4.74 Å². The van der Waals surface area contributed by atoms with E-state index in [0.29, 0.717) is 0 Å². The minimum Gasteiger partial charge on any atom is -0.375 e. The van der Waals surface area contributed by atoms with Crippen LogP contribution in [0.1, 0.15) is 58.3 Å². The lowest BCUT2D eigenvalue weighted by Gasteiger charge is -2.39. The van der Waals surface area contributed by atoms with Crippen LogP contribution < -0.4 is 5.32 Å². The van der Waals surface area contributed by atoms with Gasteiger partial charge in [-0.3, -0.25) is 0 Å². The molecule has 0 aromatic rings. The summed E-state index contributed by atoms with van der Waals surface area (Å²) in [7, 11) is 0. The van der Waals surface area contributed by atoms with Gasteiger partial charge in [0.15, 0.2) is 0 Å². The Balaban J connectivity index is 1.54. The number of hydrogen-bond donors (Lipinski definition) is 1. The second kappa shape index (κ2) is 4.30. The Morgan fingerprint density at radius 2 is 1.94 bits per heavy atom. The zero-order valence-corrected chi connectivity index (χ0v) is 10.5. The second-order valence-corrected chi connectivity index (χ2v) is 6.22. The third-order valence-corrected chi connectivity index (χ3v) is 4.84. The summed E-state index contributed by atoms with van der Waals surface area (Å²) >= 11 is 0. The fourth-order valence-corrected chi connectivity index (χ4v) is 3.64. The lowest BCUT2D eigenvalue weighted by molar-refractivity contribution is -0.0847. The molecule has 2 atom stereocenters. The smallest absolute Gasteiger partial charge is 0.0697 e. The van der Waals surface area contributed by atoms with Gasteiger partial charge in [-0.2, -0.15) is 0 Å². The lowest BCUT2D eigenvalue weighted by atomic mass is 9.88. The molecule has 1 spiro atoms. The van der Waals surface area contributed by atoms with Gasteiger partial charge in [-0.05, 0) is 51.4 Å². The molecule has 3 rings (SSSR count). The third kappa shape index (κ3) is 2.28. The molecular formula is C14H25NO. The van der Waals surface area contributed by atoms with E-state index in [0.717, 1.165) is 24.6 Å². The molecule has 16 heavy (non-hydrogen) atoms. The summed E-state index contributed by atoms with van der Waals surface area (Å²) in [5, 5.41) is 3.85. The van der Waals surface area contributed by atoms with Gasteiger partial charge >= 0.3 is 0 Å². The Bertz CT molecular complexity index is 243. The molecule has 0 amide bonds. The Morgan fingerprint density at radius 3 is 2.62 bits per heavy atom. The van der Waals surface area contributed by atoms with Gasteiger partial charge in [0.05, 0.1) is 5.60 Å². The molecule has 0 bridgehead atoms. The molecule has 3 aliphatic rings. The molecule has 2 aliphatic carbocycles. The molecule has 1 aliphatic heterocycles. The van der Waals surface area contributed by atoms with Crippen LogP contribution in [0.3, 0.4) is 0 Å². The van der Waals surface area contributed by atoms with Gasteiger partial charge in [0.25, 0.3) is 0 Å². The minimum absolute atomic E-state index is 0.277.